The summed E-state index contributed by atoms with van der Waals surface area (Å²) < 4.78 is 5.62. The molecule has 29 heavy (non-hydrogen) atoms. The minimum atomic E-state index is -1.04. The van der Waals surface area contributed by atoms with Crippen molar-refractivity contribution in [1.82, 2.24) is 10.6 Å². The number of rotatable bonds is 12. The molecule has 0 aliphatic carbocycles. The molecule has 0 radical (unpaired) electrons. The van der Waals surface area contributed by atoms with Gasteiger partial charge >= 0.3 is 0 Å². The van der Waals surface area contributed by atoms with Gasteiger partial charge in [-0.3, -0.25) is 9.59 Å². The predicted octanol–water partition coefficient (Wildman–Crippen LogP) is -0.139. The SMILES string of the molecule is CC(C)(CO[N+](=O)[O-])C(=O)NCCNCC(O)COc1cccc2c1CC(=O)N2. The number of carbonyl (C=O) groups excluding carboxylic acids is 2. The number of aliphatic hydroxyl groups excluding tert-OH is 1. The second-order valence-corrected chi connectivity index (χ2v) is 7.31. The Kier molecular flexibility index (Phi) is 7.74. The first kappa shape index (κ1) is 22.4. The van der Waals surface area contributed by atoms with E-state index in [4.69, 9.17) is 4.74 Å². The molecule has 1 unspecified atom stereocenters. The quantitative estimate of drug-likeness (QED) is 0.211. The monoisotopic (exact) mass is 410 g/mol. The average Bonchev–Trinajstić information content (AvgIpc) is 3.05. The molecule has 0 fully saturated rings. The number of hydrogen-bond acceptors (Lipinski definition) is 8. The molecule has 1 aromatic rings. The van der Waals surface area contributed by atoms with Crippen LogP contribution < -0.4 is 20.7 Å². The summed E-state index contributed by atoms with van der Waals surface area (Å²) in [5.41, 5.74) is 0.471. The number of amides is 2. The highest BCUT2D eigenvalue weighted by Crippen LogP contribution is 2.31. The molecule has 1 atom stereocenters. The van der Waals surface area contributed by atoms with E-state index in [1.165, 1.54) is 0 Å². The topological polar surface area (TPSA) is 152 Å². The highest BCUT2D eigenvalue weighted by molar-refractivity contribution is 6.00. The molecule has 11 nitrogen and oxygen atoms in total. The Balaban J connectivity index is 1.63. The van der Waals surface area contributed by atoms with E-state index < -0.39 is 16.6 Å². The molecule has 11 heteroatoms. The standard InChI is InChI=1S/C18H26N4O7/c1-18(2,11-29-22(26)27)17(25)20-7-6-19-9-12(23)10-28-15-5-3-4-14-13(15)8-16(24)21-14/h3-5,12,19,23H,6-11H2,1-2H3,(H,20,25)(H,21,24). The number of anilines is 1. The van der Waals surface area contributed by atoms with Crippen molar-refractivity contribution >= 4 is 17.5 Å². The fraction of sp³-hybridized carbons (Fsp3) is 0.556. The second kappa shape index (κ2) is 10.0. The molecule has 1 aliphatic heterocycles. The fourth-order valence-electron chi connectivity index (χ4n) is 2.65. The van der Waals surface area contributed by atoms with Crippen LogP contribution in [0.2, 0.25) is 0 Å². The number of hydrogen-bond donors (Lipinski definition) is 4. The highest BCUT2D eigenvalue weighted by Gasteiger charge is 2.28. The van der Waals surface area contributed by atoms with Gasteiger partial charge < -0.3 is 30.6 Å². The maximum absolute atomic E-state index is 12.0. The number of nitrogens with one attached hydrogen (secondary N) is 3. The summed E-state index contributed by atoms with van der Waals surface area (Å²) in [5.74, 6) is 0.103. The molecule has 0 saturated carbocycles. The zero-order chi connectivity index (χ0) is 21.4. The van der Waals surface area contributed by atoms with Gasteiger partial charge in [0.25, 0.3) is 5.09 Å². The summed E-state index contributed by atoms with van der Waals surface area (Å²) in [7, 11) is 0. The molecule has 2 amide bonds. The number of ether oxygens (including phenoxy) is 1. The van der Waals surface area contributed by atoms with Crippen molar-refractivity contribution in [3.05, 3.63) is 33.9 Å². The van der Waals surface area contributed by atoms with E-state index in [2.05, 4.69) is 20.8 Å². The van der Waals surface area contributed by atoms with Crippen LogP contribution in [0, 0.1) is 15.5 Å². The summed E-state index contributed by atoms with van der Waals surface area (Å²) in [6.07, 6.45) is -0.528. The van der Waals surface area contributed by atoms with Crippen LogP contribution in [0.1, 0.15) is 19.4 Å². The largest absolute Gasteiger partial charge is 0.490 e. The van der Waals surface area contributed by atoms with Gasteiger partial charge in [0.05, 0.1) is 11.8 Å². The van der Waals surface area contributed by atoms with Gasteiger partial charge in [0.2, 0.25) is 11.8 Å². The van der Waals surface area contributed by atoms with Crippen molar-refractivity contribution in [3.63, 3.8) is 0 Å². The van der Waals surface area contributed by atoms with E-state index in [9.17, 15) is 24.8 Å². The highest BCUT2D eigenvalue weighted by atomic mass is 16.9. The lowest BCUT2D eigenvalue weighted by atomic mass is 9.94. The zero-order valence-electron chi connectivity index (χ0n) is 16.4. The van der Waals surface area contributed by atoms with Crippen molar-refractivity contribution in [2.45, 2.75) is 26.4 Å². The third-order valence-corrected chi connectivity index (χ3v) is 4.29. The maximum atomic E-state index is 12.0. The Morgan fingerprint density at radius 3 is 2.90 bits per heavy atom. The van der Waals surface area contributed by atoms with Crippen LogP contribution in [0.3, 0.4) is 0 Å². The Hall–Kier alpha value is -2.92. The first-order chi connectivity index (χ1) is 13.7. The Morgan fingerprint density at radius 1 is 1.41 bits per heavy atom. The summed E-state index contributed by atoms with van der Waals surface area (Å²) in [4.78, 5) is 38.0. The predicted molar refractivity (Wildman–Crippen MR) is 103 cm³/mol. The summed E-state index contributed by atoms with van der Waals surface area (Å²) in [6.45, 7) is 3.74. The van der Waals surface area contributed by atoms with Crippen LogP contribution in [-0.4, -0.2) is 61.0 Å². The fourth-order valence-corrected chi connectivity index (χ4v) is 2.65. The summed E-state index contributed by atoms with van der Waals surface area (Å²) in [5, 5.41) is 27.7. The summed E-state index contributed by atoms with van der Waals surface area (Å²) >= 11 is 0. The molecule has 0 bridgehead atoms. The summed E-state index contributed by atoms with van der Waals surface area (Å²) in [6, 6.07) is 5.31. The number of fused-ring (bicyclic) bond motifs is 1. The van der Waals surface area contributed by atoms with E-state index in [1.807, 2.05) is 0 Å². The normalized spacial score (nSPS) is 14.0. The van der Waals surface area contributed by atoms with E-state index in [0.29, 0.717) is 12.3 Å². The van der Waals surface area contributed by atoms with Crippen LogP contribution in [0.25, 0.3) is 0 Å². The van der Waals surface area contributed by atoms with Crippen molar-refractivity contribution < 1.29 is 29.4 Å². The van der Waals surface area contributed by atoms with Crippen LogP contribution in [0.15, 0.2) is 18.2 Å². The van der Waals surface area contributed by atoms with Gasteiger partial charge in [0.1, 0.15) is 25.1 Å². The van der Waals surface area contributed by atoms with Gasteiger partial charge in [-0.2, -0.15) is 0 Å². The number of aliphatic hydroxyl groups is 1. The molecule has 2 rings (SSSR count). The van der Waals surface area contributed by atoms with Crippen LogP contribution in [-0.2, 0) is 20.8 Å². The molecule has 160 valence electrons. The first-order valence-corrected chi connectivity index (χ1v) is 9.18. The number of benzene rings is 1. The van der Waals surface area contributed by atoms with Crippen LogP contribution >= 0.6 is 0 Å². The molecular weight excluding hydrogens is 384 g/mol. The molecule has 4 N–H and O–H groups in total. The molecule has 1 heterocycles. The smallest absolute Gasteiger partial charge is 0.294 e. The molecule has 0 aromatic heterocycles. The zero-order valence-corrected chi connectivity index (χ0v) is 16.4. The van der Waals surface area contributed by atoms with Gasteiger partial charge in [-0.05, 0) is 26.0 Å². The van der Waals surface area contributed by atoms with Crippen LogP contribution in [0.5, 0.6) is 5.75 Å². The number of carbonyl (C=O) groups is 2. The Bertz CT molecular complexity index is 754. The molecule has 1 aliphatic rings. The second-order valence-electron chi connectivity index (χ2n) is 7.31. The first-order valence-electron chi connectivity index (χ1n) is 9.18. The van der Waals surface area contributed by atoms with Gasteiger partial charge in [-0.15, -0.1) is 10.1 Å². The third kappa shape index (κ3) is 6.88. The van der Waals surface area contributed by atoms with E-state index >= 15 is 0 Å². The third-order valence-electron chi connectivity index (χ3n) is 4.29. The van der Waals surface area contributed by atoms with Gasteiger partial charge in [0, 0.05) is 30.9 Å². The lowest BCUT2D eigenvalue weighted by Crippen LogP contribution is -2.43. The molecule has 0 saturated heterocycles. The Morgan fingerprint density at radius 2 is 2.17 bits per heavy atom. The maximum Gasteiger partial charge on any atom is 0.294 e. The van der Waals surface area contributed by atoms with Crippen LogP contribution in [0.4, 0.5) is 5.69 Å². The lowest BCUT2D eigenvalue weighted by Gasteiger charge is -2.22. The number of nitrogens with zero attached hydrogens (tertiary/aromatic N) is 1. The molecule has 1 aromatic carbocycles. The van der Waals surface area contributed by atoms with Crippen molar-refractivity contribution in [1.29, 1.82) is 0 Å². The Labute approximate surface area is 167 Å². The van der Waals surface area contributed by atoms with Gasteiger partial charge in [-0.25, -0.2) is 0 Å². The van der Waals surface area contributed by atoms with Crippen molar-refractivity contribution in [2.75, 3.05) is 38.2 Å². The van der Waals surface area contributed by atoms with Crippen molar-refractivity contribution in [2.24, 2.45) is 5.41 Å². The minimum absolute atomic E-state index is 0.0509. The molecule has 0 spiro atoms. The van der Waals surface area contributed by atoms with E-state index in [0.717, 1.165) is 11.3 Å². The van der Waals surface area contributed by atoms with Crippen molar-refractivity contribution in [3.8, 4) is 5.75 Å². The average molecular weight is 410 g/mol. The van der Waals surface area contributed by atoms with E-state index in [-0.39, 0.29) is 44.5 Å². The minimum Gasteiger partial charge on any atom is -0.490 e. The molecular formula is C18H26N4O7. The van der Waals surface area contributed by atoms with Gasteiger partial charge in [-0.1, -0.05) is 6.07 Å². The van der Waals surface area contributed by atoms with E-state index in [1.54, 1.807) is 32.0 Å². The lowest BCUT2D eigenvalue weighted by molar-refractivity contribution is -0.760. The van der Waals surface area contributed by atoms with Gasteiger partial charge in [0.15, 0.2) is 0 Å².